The van der Waals surface area contributed by atoms with Crippen LogP contribution in [0.5, 0.6) is 0 Å². The summed E-state index contributed by atoms with van der Waals surface area (Å²) in [4.78, 5) is 8.73. The van der Waals surface area contributed by atoms with E-state index in [1.54, 1.807) is 11.3 Å². The van der Waals surface area contributed by atoms with Crippen LogP contribution in [0.3, 0.4) is 0 Å². The van der Waals surface area contributed by atoms with Crippen LogP contribution in [0.15, 0.2) is 23.0 Å². The molecule has 4 heteroatoms. The summed E-state index contributed by atoms with van der Waals surface area (Å²) < 4.78 is 0. The molecule has 0 aliphatic rings. The van der Waals surface area contributed by atoms with Gasteiger partial charge in [-0.3, -0.25) is 0 Å². The van der Waals surface area contributed by atoms with E-state index in [1.165, 1.54) is 5.56 Å². The molecule has 2 heterocycles. The second-order valence-corrected chi connectivity index (χ2v) is 4.67. The van der Waals surface area contributed by atoms with Gasteiger partial charge in [-0.2, -0.15) is 0 Å². The van der Waals surface area contributed by atoms with Crippen molar-refractivity contribution in [2.75, 3.05) is 5.32 Å². The predicted molar refractivity (Wildman–Crippen MR) is 67.9 cm³/mol. The lowest BCUT2D eigenvalue weighted by atomic mass is 10.2. The molecule has 0 saturated heterocycles. The summed E-state index contributed by atoms with van der Waals surface area (Å²) >= 11 is 1.61. The SMILES string of the molecule is Cc1cc(C)nc(NC(C)c2cscn2)c1. The molecular formula is C12H15N3S. The zero-order valence-electron chi connectivity index (χ0n) is 9.69. The molecule has 0 aromatic carbocycles. The molecule has 16 heavy (non-hydrogen) atoms. The summed E-state index contributed by atoms with van der Waals surface area (Å²) in [5.41, 5.74) is 5.17. The molecule has 84 valence electrons. The Morgan fingerprint density at radius 2 is 2.12 bits per heavy atom. The Hall–Kier alpha value is -1.42. The zero-order chi connectivity index (χ0) is 11.5. The van der Waals surface area contributed by atoms with E-state index in [-0.39, 0.29) is 6.04 Å². The monoisotopic (exact) mass is 233 g/mol. The number of nitrogens with zero attached hydrogens (tertiary/aromatic N) is 2. The highest BCUT2D eigenvalue weighted by Crippen LogP contribution is 2.18. The van der Waals surface area contributed by atoms with E-state index in [0.29, 0.717) is 0 Å². The minimum absolute atomic E-state index is 0.194. The number of pyridine rings is 1. The zero-order valence-corrected chi connectivity index (χ0v) is 10.5. The Bertz CT molecular complexity index is 445. The maximum atomic E-state index is 4.45. The third kappa shape index (κ3) is 2.58. The van der Waals surface area contributed by atoms with Gasteiger partial charge >= 0.3 is 0 Å². The van der Waals surface area contributed by atoms with Crippen molar-refractivity contribution in [3.63, 3.8) is 0 Å². The van der Waals surface area contributed by atoms with Gasteiger partial charge in [-0.1, -0.05) is 0 Å². The van der Waals surface area contributed by atoms with E-state index >= 15 is 0 Å². The number of hydrogen-bond acceptors (Lipinski definition) is 4. The number of rotatable bonds is 3. The molecule has 0 amide bonds. The molecule has 0 radical (unpaired) electrons. The minimum atomic E-state index is 0.194. The number of hydrogen-bond donors (Lipinski definition) is 1. The lowest BCUT2D eigenvalue weighted by molar-refractivity contribution is 0.840. The number of aromatic nitrogens is 2. The summed E-state index contributed by atoms with van der Waals surface area (Å²) in [6.07, 6.45) is 0. The molecule has 1 N–H and O–H groups in total. The molecule has 0 aliphatic heterocycles. The largest absolute Gasteiger partial charge is 0.362 e. The Morgan fingerprint density at radius 1 is 1.31 bits per heavy atom. The van der Waals surface area contributed by atoms with Crippen molar-refractivity contribution in [2.24, 2.45) is 0 Å². The molecule has 0 spiro atoms. The topological polar surface area (TPSA) is 37.8 Å². The van der Waals surface area contributed by atoms with Crippen LogP contribution in [-0.4, -0.2) is 9.97 Å². The van der Waals surface area contributed by atoms with Crippen LogP contribution in [0.4, 0.5) is 5.82 Å². The molecule has 2 rings (SSSR count). The van der Waals surface area contributed by atoms with Crippen LogP contribution in [0.25, 0.3) is 0 Å². The van der Waals surface area contributed by atoms with Gasteiger partial charge in [-0.05, 0) is 38.5 Å². The van der Waals surface area contributed by atoms with Gasteiger partial charge in [0.2, 0.25) is 0 Å². The molecule has 1 unspecified atom stereocenters. The van der Waals surface area contributed by atoms with Crippen molar-refractivity contribution < 1.29 is 0 Å². The number of aryl methyl sites for hydroxylation is 2. The predicted octanol–water partition coefficient (Wildman–Crippen LogP) is 3.33. The third-order valence-corrected chi connectivity index (χ3v) is 2.96. The Kier molecular flexibility index (Phi) is 3.19. The average molecular weight is 233 g/mol. The maximum absolute atomic E-state index is 4.45. The first-order valence-corrected chi connectivity index (χ1v) is 6.19. The van der Waals surface area contributed by atoms with Crippen molar-refractivity contribution in [3.8, 4) is 0 Å². The quantitative estimate of drug-likeness (QED) is 0.883. The van der Waals surface area contributed by atoms with Crippen LogP contribution in [-0.2, 0) is 0 Å². The summed E-state index contributed by atoms with van der Waals surface area (Å²) in [6.45, 7) is 6.17. The van der Waals surface area contributed by atoms with E-state index in [4.69, 9.17) is 0 Å². The maximum Gasteiger partial charge on any atom is 0.126 e. The lowest BCUT2D eigenvalue weighted by Gasteiger charge is -2.13. The highest BCUT2D eigenvalue weighted by atomic mass is 32.1. The summed E-state index contributed by atoms with van der Waals surface area (Å²) in [7, 11) is 0. The first-order valence-electron chi connectivity index (χ1n) is 5.25. The van der Waals surface area contributed by atoms with Crippen LogP contribution < -0.4 is 5.32 Å². The van der Waals surface area contributed by atoms with E-state index in [2.05, 4.69) is 46.6 Å². The van der Waals surface area contributed by atoms with Crippen molar-refractivity contribution in [2.45, 2.75) is 26.8 Å². The summed E-state index contributed by atoms with van der Waals surface area (Å²) in [5, 5.41) is 5.41. The number of thiazole rings is 1. The summed E-state index contributed by atoms with van der Waals surface area (Å²) in [5.74, 6) is 0.915. The van der Waals surface area contributed by atoms with Crippen molar-refractivity contribution >= 4 is 17.2 Å². The van der Waals surface area contributed by atoms with Crippen LogP contribution in [0.1, 0.15) is 29.9 Å². The molecule has 0 bridgehead atoms. The van der Waals surface area contributed by atoms with Crippen molar-refractivity contribution in [1.29, 1.82) is 0 Å². The molecule has 2 aromatic heterocycles. The Labute approximate surface area is 99.6 Å². The number of nitrogens with one attached hydrogen (secondary N) is 1. The molecular weight excluding hydrogens is 218 g/mol. The fourth-order valence-corrected chi connectivity index (χ4v) is 2.29. The van der Waals surface area contributed by atoms with Crippen LogP contribution >= 0.6 is 11.3 Å². The summed E-state index contributed by atoms with van der Waals surface area (Å²) in [6, 6.07) is 4.31. The van der Waals surface area contributed by atoms with Crippen LogP contribution in [0.2, 0.25) is 0 Å². The lowest BCUT2D eigenvalue weighted by Crippen LogP contribution is -2.08. The fourth-order valence-electron chi connectivity index (χ4n) is 1.65. The van der Waals surface area contributed by atoms with E-state index in [0.717, 1.165) is 17.2 Å². The van der Waals surface area contributed by atoms with Crippen molar-refractivity contribution in [3.05, 3.63) is 40.0 Å². The van der Waals surface area contributed by atoms with Gasteiger partial charge in [0, 0.05) is 11.1 Å². The van der Waals surface area contributed by atoms with Gasteiger partial charge in [0.05, 0.1) is 17.2 Å². The van der Waals surface area contributed by atoms with Gasteiger partial charge in [-0.25, -0.2) is 9.97 Å². The number of anilines is 1. The van der Waals surface area contributed by atoms with Crippen LogP contribution in [0, 0.1) is 13.8 Å². The highest BCUT2D eigenvalue weighted by Gasteiger charge is 2.08. The van der Waals surface area contributed by atoms with Gasteiger partial charge in [0.1, 0.15) is 5.82 Å². The minimum Gasteiger partial charge on any atom is -0.362 e. The molecule has 0 aliphatic carbocycles. The molecule has 0 saturated carbocycles. The second-order valence-electron chi connectivity index (χ2n) is 3.95. The molecule has 2 aromatic rings. The van der Waals surface area contributed by atoms with Crippen molar-refractivity contribution in [1.82, 2.24) is 9.97 Å². The highest BCUT2D eigenvalue weighted by molar-refractivity contribution is 7.07. The fraction of sp³-hybridized carbons (Fsp3) is 0.333. The molecule has 3 nitrogen and oxygen atoms in total. The van der Waals surface area contributed by atoms with E-state index in [1.807, 2.05) is 12.4 Å². The standard InChI is InChI=1S/C12H15N3S/c1-8-4-9(2)14-12(5-8)15-10(3)11-6-16-7-13-11/h4-7,10H,1-3H3,(H,14,15). The second kappa shape index (κ2) is 4.61. The molecule has 1 atom stereocenters. The van der Waals surface area contributed by atoms with Gasteiger partial charge < -0.3 is 5.32 Å². The smallest absolute Gasteiger partial charge is 0.126 e. The third-order valence-electron chi connectivity index (χ3n) is 2.36. The van der Waals surface area contributed by atoms with E-state index in [9.17, 15) is 0 Å². The molecule has 0 fully saturated rings. The van der Waals surface area contributed by atoms with E-state index < -0.39 is 0 Å². The van der Waals surface area contributed by atoms with Gasteiger partial charge in [0.15, 0.2) is 0 Å². The average Bonchev–Trinajstić information content (AvgIpc) is 2.68. The first-order chi connectivity index (χ1) is 7.65. The van der Waals surface area contributed by atoms with Gasteiger partial charge in [0.25, 0.3) is 0 Å². The Morgan fingerprint density at radius 3 is 2.75 bits per heavy atom. The first kappa shape index (κ1) is 11.1. The Balaban J connectivity index is 2.15. The normalized spacial score (nSPS) is 12.4. The van der Waals surface area contributed by atoms with Gasteiger partial charge in [-0.15, -0.1) is 11.3 Å².